The smallest absolute Gasteiger partial charge is 0.169 e. The first-order chi connectivity index (χ1) is 9.65. The summed E-state index contributed by atoms with van der Waals surface area (Å²) in [6.07, 6.45) is 0.882. The molecule has 4 heteroatoms. The molecule has 0 fully saturated rings. The molecule has 1 N–H and O–H groups in total. The van der Waals surface area contributed by atoms with Crippen molar-refractivity contribution in [2.45, 2.75) is 33.1 Å². The van der Waals surface area contributed by atoms with E-state index in [0.29, 0.717) is 12.5 Å². The van der Waals surface area contributed by atoms with Crippen molar-refractivity contribution in [3.8, 4) is 5.75 Å². The third kappa shape index (κ3) is 6.89. The topological polar surface area (TPSA) is 39.7 Å². The van der Waals surface area contributed by atoms with E-state index in [1.165, 1.54) is 5.56 Å². The standard InChI is InChI=1S/C16H27NO3/c1-13(2)9-10-20-15-7-5-14(6-8-15)11-17-12-16(18-3)19-4/h5-8,13,16-17H,9-12H2,1-4H3. The average Bonchev–Trinajstić information content (AvgIpc) is 2.45. The molecule has 0 aromatic heterocycles. The molecule has 0 unspecified atom stereocenters. The fraction of sp³-hybridized carbons (Fsp3) is 0.625. The molecule has 1 aromatic rings. The molecule has 0 saturated heterocycles. The van der Waals surface area contributed by atoms with Gasteiger partial charge in [0, 0.05) is 27.3 Å². The van der Waals surface area contributed by atoms with Crippen LogP contribution in [0.1, 0.15) is 25.8 Å². The van der Waals surface area contributed by atoms with E-state index in [1.54, 1.807) is 14.2 Å². The summed E-state index contributed by atoms with van der Waals surface area (Å²) in [7, 11) is 3.28. The summed E-state index contributed by atoms with van der Waals surface area (Å²) in [4.78, 5) is 0. The fourth-order valence-corrected chi connectivity index (χ4v) is 1.71. The van der Waals surface area contributed by atoms with Gasteiger partial charge in [0.2, 0.25) is 0 Å². The average molecular weight is 281 g/mol. The lowest BCUT2D eigenvalue weighted by Crippen LogP contribution is -2.29. The van der Waals surface area contributed by atoms with Crippen molar-refractivity contribution in [2.75, 3.05) is 27.4 Å². The Morgan fingerprint density at radius 3 is 2.25 bits per heavy atom. The lowest BCUT2D eigenvalue weighted by atomic mass is 10.1. The van der Waals surface area contributed by atoms with Crippen LogP contribution in [0.25, 0.3) is 0 Å². The Morgan fingerprint density at radius 2 is 1.70 bits per heavy atom. The lowest BCUT2D eigenvalue weighted by Gasteiger charge is -2.14. The first-order valence-electron chi connectivity index (χ1n) is 7.13. The highest BCUT2D eigenvalue weighted by molar-refractivity contribution is 5.27. The molecule has 114 valence electrons. The van der Waals surface area contributed by atoms with Crippen LogP contribution in [0.5, 0.6) is 5.75 Å². The highest BCUT2D eigenvalue weighted by atomic mass is 16.7. The van der Waals surface area contributed by atoms with E-state index in [1.807, 2.05) is 12.1 Å². The molecule has 4 nitrogen and oxygen atoms in total. The maximum absolute atomic E-state index is 5.69. The van der Waals surface area contributed by atoms with Crippen LogP contribution in [-0.4, -0.2) is 33.7 Å². The van der Waals surface area contributed by atoms with E-state index in [0.717, 1.165) is 25.3 Å². The van der Waals surface area contributed by atoms with Gasteiger partial charge in [-0.2, -0.15) is 0 Å². The van der Waals surface area contributed by atoms with Crippen LogP contribution >= 0.6 is 0 Å². The minimum atomic E-state index is -0.200. The zero-order valence-electron chi connectivity index (χ0n) is 13.0. The molecule has 1 rings (SSSR count). The SMILES string of the molecule is COC(CNCc1ccc(OCCC(C)C)cc1)OC. The molecule has 0 spiro atoms. The number of methoxy groups -OCH3 is 2. The molecule has 0 saturated carbocycles. The number of hydrogen-bond donors (Lipinski definition) is 1. The van der Waals surface area contributed by atoms with E-state index < -0.39 is 0 Å². The Bertz CT molecular complexity index is 347. The number of benzene rings is 1. The Kier molecular flexibility index (Phi) is 8.26. The van der Waals surface area contributed by atoms with Crippen LogP contribution in [0, 0.1) is 5.92 Å². The lowest BCUT2D eigenvalue weighted by molar-refractivity contribution is -0.0989. The van der Waals surface area contributed by atoms with Gasteiger partial charge < -0.3 is 19.5 Å². The Labute approximate surface area is 122 Å². The largest absolute Gasteiger partial charge is 0.494 e. The maximum Gasteiger partial charge on any atom is 0.169 e. The summed E-state index contributed by atoms with van der Waals surface area (Å²) >= 11 is 0. The van der Waals surface area contributed by atoms with Crippen molar-refractivity contribution in [2.24, 2.45) is 5.92 Å². The predicted molar refractivity (Wildman–Crippen MR) is 80.9 cm³/mol. The quantitative estimate of drug-likeness (QED) is 0.669. The van der Waals surface area contributed by atoms with E-state index in [-0.39, 0.29) is 6.29 Å². The molecular weight excluding hydrogens is 254 g/mol. The molecule has 0 aliphatic rings. The minimum Gasteiger partial charge on any atom is -0.494 e. The number of hydrogen-bond acceptors (Lipinski definition) is 4. The van der Waals surface area contributed by atoms with E-state index in [9.17, 15) is 0 Å². The summed E-state index contributed by atoms with van der Waals surface area (Å²) < 4.78 is 15.9. The summed E-state index contributed by atoms with van der Waals surface area (Å²) in [6, 6.07) is 8.18. The second kappa shape index (κ2) is 9.75. The van der Waals surface area contributed by atoms with Crippen LogP contribution in [0.2, 0.25) is 0 Å². The van der Waals surface area contributed by atoms with Gasteiger partial charge in [-0.3, -0.25) is 0 Å². The fourth-order valence-electron chi connectivity index (χ4n) is 1.71. The molecule has 0 amide bonds. The first kappa shape index (κ1) is 17.0. The molecule has 0 radical (unpaired) electrons. The van der Waals surface area contributed by atoms with Crippen molar-refractivity contribution in [3.05, 3.63) is 29.8 Å². The van der Waals surface area contributed by atoms with E-state index >= 15 is 0 Å². The van der Waals surface area contributed by atoms with Crippen molar-refractivity contribution in [1.29, 1.82) is 0 Å². The Morgan fingerprint density at radius 1 is 1.05 bits per heavy atom. The van der Waals surface area contributed by atoms with Crippen LogP contribution < -0.4 is 10.1 Å². The van der Waals surface area contributed by atoms with Gasteiger partial charge in [-0.1, -0.05) is 26.0 Å². The van der Waals surface area contributed by atoms with Gasteiger partial charge in [-0.25, -0.2) is 0 Å². The molecule has 0 aliphatic carbocycles. The summed E-state index contributed by atoms with van der Waals surface area (Å²) in [5.74, 6) is 1.61. The van der Waals surface area contributed by atoms with Crippen LogP contribution in [0.15, 0.2) is 24.3 Å². The molecule has 0 aliphatic heterocycles. The normalized spacial score (nSPS) is 11.3. The zero-order valence-corrected chi connectivity index (χ0v) is 13.0. The molecule has 20 heavy (non-hydrogen) atoms. The van der Waals surface area contributed by atoms with Gasteiger partial charge in [0.15, 0.2) is 6.29 Å². The second-order valence-electron chi connectivity index (χ2n) is 5.21. The van der Waals surface area contributed by atoms with Crippen LogP contribution in [-0.2, 0) is 16.0 Å². The Hall–Kier alpha value is -1.10. The van der Waals surface area contributed by atoms with Crippen molar-refractivity contribution in [3.63, 3.8) is 0 Å². The predicted octanol–water partition coefficient (Wildman–Crippen LogP) is 2.82. The third-order valence-electron chi connectivity index (χ3n) is 3.05. The molecular formula is C16H27NO3. The summed E-state index contributed by atoms with van der Waals surface area (Å²) in [6.45, 7) is 6.63. The van der Waals surface area contributed by atoms with E-state index in [2.05, 4.69) is 31.3 Å². The first-order valence-corrected chi connectivity index (χ1v) is 7.13. The van der Waals surface area contributed by atoms with E-state index in [4.69, 9.17) is 14.2 Å². The van der Waals surface area contributed by atoms with Gasteiger partial charge in [0.05, 0.1) is 6.61 Å². The third-order valence-corrected chi connectivity index (χ3v) is 3.05. The minimum absolute atomic E-state index is 0.200. The maximum atomic E-state index is 5.69. The van der Waals surface area contributed by atoms with Crippen LogP contribution in [0.4, 0.5) is 0 Å². The van der Waals surface area contributed by atoms with Crippen molar-refractivity contribution >= 4 is 0 Å². The van der Waals surface area contributed by atoms with Gasteiger partial charge in [-0.15, -0.1) is 0 Å². The van der Waals surface area contributed by atoms with Crippen molar-refractivity contribution < 1.29 is 14.2 Å². The highest BCUT2D eigenvalue weighted by Gasteiger charge is 2.03. The monoisotopic (exact) mass is 281 g/mol. The van der Waals surface area contributed by atoms with Crippen LogP contribution in [0.3, 0.4) is 0 Å². The molecule has 0 atom stereocenters. The number of rotatable bonds is 10. The highest BCUT2D eigenvalue weighted by Crippen LogP contribution is 2.13. The molecule has 0 bridgehead atoms. The number of nitrogens with one attached hydrogen (secondary N) is 1. The number of ether oxygens (including phenoxy) is 3. The molecule has 0 heterocycles. The van der Waals surface area contributed by atoms with Gasteiger partial charge in [0.25, 0.3) is 0 Å². The Balaban J connectivity index is 2.28. The van der Waals surface area contributed by atoms with Gasteiger partial charge >= 0.3 is 0 Å². The summed E-state index contributed by atoms with van der Waals surface area (Å²) in [5.41, 5.74) is 1.21. The second-order valence-corrected chi connectivity index (χ2v) is 5.21. The van der Waals surface area contributed by atoms with Crippen molar-refractivity contribution in [1.82, 2.24) is 5.32 Å². The molecule has 1 aromatic carbocycles. The summed E-state index contributed by atoms with van der Waals surface area (Å²) in [5, 5.41) is 3.29. The van der Waals surface area contributed by atoms with Gasteiger partial charge in [0.1, 0.15) is 5.75 Å². The van der Waals surface area contributed by atoms with Gasteiger partial charge in [-0.05, 0) is 30.0 Å². The zero-order chi connectivity index (χ0) is 14.8.